The summed E-state index contributed by atoms with van der Waals surface area (Å²) < 4.78 is 1.86. The molecule has 6 nitrogen and oxygen atoms in total. The van der Waals surface area contributed by atoms with Crippen molar-refractivity contribution in [2.75, 3.05) is 0 Å². The number of rotatable bonds is 5. The topological polar surface area (TPSA) is 84.8 Å². The van der Waals surface area contributed by atoms with E-state index < -0.39 is 4.92 Å². The SMILES string of the molecule is N#CC(=Cc1cccn1-c1ccc([N+](=O)[O-])cc1)c1nc(-c2ccc(Cl)cc2)cs1. The molecule has 0 aliphatic heterocycles. The summed E-state index contributed by atoms with van der Waals surface area (Å²) in [7, 11) is 0. The minimum atomic E-state index is -0.436. The fourth-order valence-corrected chi connectivity index (χ4v) is 3.84. The van der Waals surface area contributed by atoms with Crippen LogP contribution in [0.25, 0.3) is 28.6 Å². The van der Waals surface area contributed by atoms with Gasteiger partial charge in [-0.15, -0.1) is 11.3 Å². The quantitative estimate of drug-likeness (QED) is 0.212. The van der Waals surface area contributed by atoms with E-state index in [9.17, 15) is 15.4 Å². The Bertz CT molecular complexity index is 1280. The number of thiazole rings is 1. The van der Waals surface area contributed by atoms with Crippen molar-refractivity contribution >= 4 is 40.3 Å². The smallest absolute Gasteiger partial charge is 0.269 e. The van der Waals surface area contributed by atoms with Crippen molar-refractivity contribution in [3.05, 3.63) is 98.1 Å². The number of aromatic nitrogens is 2. The number of nitrogens with zero attached hydrogens (tertiary/aromatic N) is 4. The fourth-order valence-electron chi connectivity index (χ4n) is 2.92. The molecule has 8 heteroatoms. The molecule has 0 N–H and O–H groups in total. The average Bonchev–Trinajstić information content (AvgIpc) is 3.42. The molecule has 2 aromatic heterocycles. The lowest BCUT2D eigenvalue weighted by Crippen LogP contribution is -1.96. The van der Waals surface area contributed by atoms with E-state index in [0.29, 0.717) is 15.6 Å². The molecule has 0 aliphatic carbocycles. The van der Waals surface area contributed by atoms with Gasteiger partial charge in [-0.2, -0.15) is 5.26 Å². The van der Waals surface area contributed by atoms with E-state index in [4.69, 9.17) is 11.6 Å². The Kier molecular flexibility index (Phi) is 5.44. The van der Waals surface area contributed by atoms with E-state index in [-0.39, 0.29) is 5.69 Å². The van der Waals surface area contributed by atoms with Gasteiger partial charge in [0, 0.05) is 45.7 Å². The van der Waals surface area contributed by atoms with Crippen molar-refractivity contribution in [3.63, 3.8) is 0 Å². The Balaban J connectivity index is 1.66. The Morgan fingerprint density at radius 3 is 2.57 bits per heavy atom. The molecule has 2 heterocycles. The van der Waals surface area contributed by atoms with Gasteiger partial charge in [-0.25, -0.2) is 4.98 Å². The Hall–Kier alpha value is -3.73. The highest BCUT2D eigenvalue weighted by Crippen LogP contribution is 2.28. The summed E-state index contributed by atoms with van der Waals surface area (Å²) in [5.41, 5.74) is 3.69. The highest BCUT2D eigenvalue weighted by Gasteiger charge is 2.11. The van der Waals surface area contributed by atoms with Crippen LogP contribution in [0.15, 0.2) is 72.2 Å². The molecule has 0 spiro atoms. The van der Waals surface area contributed by atoms with Crippen molar-refractivity contribution in [1.82, 2.24) is 9.55 Å². The number of halogens is 1. The van der Waals surface area contributed by atoms with Gasteiger partial charge in [-0.1, -0.05) is 23.7 Å². The second kappa shape index (κ2) is 8.33. The van der Waals surface area contributed by atoms with Crippen LogP contribution in [0.5, 0.6) is 0 Å². The first-order valence-electron chi connectivity index (χ1n) is 8.81. The lowest BCUT2D eigenvalue weighted by atomic mass is 10.2. The van der Waals surface area contributed by atoms with Crippen molar-refractivity contribution in [2.45, 2.75) is 0 Å². The summed E-state index contributed by atoms with van der Waals surface area (Å²) in [5.74, 6) is 0. The van der Waals surface area contributed by atoms with Crippen LogP contribution in [0.1, 0.15) is 10.7 Å². The number of hydrogen-bond donors (Lipinski definition) is 0. The predicted octanol–water partition coefficient (Wildman–Crippen LogP) is 6.23. The van der Waals surface area contributed by atoms with Gasteiger partial charge >= 0.3 is 0 Å². The molecular formula is C22H13ClN4O2S. The van der Waals surface area contributed by atoms with Gasteiger partial charge in [-0.05, 0) is 42.5 Å². The van der Waals surface area contributed by atoms with E-state index in [1.165, 1.54) is 23.5 Å². The van der Waals surface area contributed by atoms with Gasteiger partial charge in [0.1, 0.15) is 11.1 Å². The second-order valence-electron chi connectivity index (χ2n) is 6.29. The third kappa shape index (κ3) is 4.01. The van der Waals surface area contributed by atoms with E-state index >= 15 is 0 Å². The zero-order valence-corrected chi connectivity index (χ0v) is 17.0. The predicted molar refractivity (Wildman–Crippen MR) is 118 cm³/mol. The zero-order chi connectivity index (χ0) is 21.1. The number of nitriles is 1. The summed E-state index contributed by atoms with van der Waals surface area (Å²) in [5, 5.41) is 23.7. The van der Waals surface area contributed by atoms with Gasteiger partial charge in [0.25, 0.3) is 5.69 Å². The molecule has 0 saturated carbocycles. The van der Waals surface area contributed by atoms with Crippen molar-refractivity contribution in [1.29, 1.82) is 5.26 Å². The third-order valence-corrected chi connectivity index (χ3v) is 5.53. The average molecular weight is 433 g/mol. The number of nitro groups is 1. The summed E-state index contributed by atoms with van der Waals surface area (Å²) in [6.07, 6.45) is 3.59. The van der Waals surface area contributed by atoms with Gasteiger partial charge in [-0.3, -0.25) is 10.1 Å². The minimum Gasteiger partial charge on any atom is -0.317 e. The van der Waals surface area contributed by atoms with E-state index in [1.807, 2.05) is 40.4 Å². The molecule has 0 saturated heterocycles. The number of hydrogen-bond acceptors (Lipinski definition) is 5. The molecule has 2 aromatic carbocycles. The van der Waals surface area contributed by atoms with Crippen molar-refractivity contribution in [2.24, 2.45) is 0 Å². The van der Waals surface area contributed by atoms with Gasteiger partial charge in [0.15, 0.2) is 0 Å². The van der Waals surface area contributed by atoms with E-state index in [1.54, 1.807) is 30.3 Å². The number of non-ortho nitro benzene ring substituents is 1. The Labute approximate surface area is 181 Å². The molecule has 0 fully saturated rings. The summed E-state index contributed by atoms with van der Waals surface area (Å²) in [4.78, 5) is 15.0. The molecule has 4 rings (SSSR count). The standard InChI is InChI=1S/C22H13ClN4O2S/c23-17-5-3-15(4-6-17)21-14-30-22(25-21)16(13-24)12-20-2-1-11-26(20)18-7-9-19(10-8-18)27(28)29/h1-12,14H. The van der Waals surface area contributed by atoms with Crippen molar-refractivity contribution < 1.29 is 4.92 Å². The van der Waals surface area contributed by atoms with Crippen LogP contribution in [-0.2, 0) is 0 Å². The van der Waals surface area contributed by atoms with E-state index in [2.05, 4.69) is 11.1 Å². The van der Waals surface area contributed by atoms with Crippen LogP contribution in [0.3, 0.4) is 0 Å². The molecule has 0 unspecified atom stereocenters. The van der Waals surface area contributed by atoms with Crippen molar-refractivity contribution in [3.8, 4) is 23.0 Å². The summed E-state index contributed by atoms with van der Waals surface area (Å²) in [6.45, 7) is 0. The Morgan fingerprint density at radius 2 is 1.90 bits per heavy atom. The first-order chi connectivity index (χ1) is 14.5. The van der Waals surface area contributed by atoms with Crippen LogP contribution in [0.4, 0.5) is 5.69 Å². The van der Waals surface area contributed by atoms with E-state index in [0.717, 1.165) is 22.6 Å². The molecule has 4 aromatic rings. The largest absolute Gasteiger partial charge is 0.317 e. The van der Waals surface area contributed by atoms with Gasteiger partial charge < -0.3 is 4.57 Å². The van der Waals surface area contributed by atoms with Crippen LogP contribution in [-0.4, -0.2) is 14.5 Å². The zero-order valence-electron chi connectivity index (χ0n) is 15.4. The summed E-state index contributed by atoms with van der Waals surface area (Å²) in [6, 6.07) is 19.6. The number of benzene rings is 2. The first kappa shape index (κ1) is 19.6. The third-order valence-electron chi connectivity index (χ3n) is 4.41. The molecule has 0 aliphatic rings. The number of allylic oxidation sites excluding steroid dienone is 1. The maximum Gasteiger partial charge on any atom is 0.269 e. The molecule has 30 heavy (non-hydrogen) atoms. The molecule has 0 atom stereocenters. The van der Waals surface area contributed by atoms with Gasteiger partial charge in [0.05, 0.1) is 16.2 Å². The Morgan fingerprint density at radius 1 is 1.17 bits per heavy atom. The van der Waals surface area contributed by atoms with Crippen LogP contribution >= 0.6 is 22.9 Å². The molecule has 146 valence electrons. The molecule has 0 amide bonds. The molecular weight excluding hydrogens is 420 g/mol. The highest BCUT2D eigenvalue weighted by molar-refractivity contribution is 7.11. The van der Waals surface area contributed by atoms with Crippen LogP contribution in [0, 0.1) is 21.4 Å². The normalized spacial score (nSPS) is 11.3. The highest BCUT2D eigenvalue weighted by atomic mass is 35.5. The van der Waals surface area contributed by atoms with Crippen LogP contribution < -0.4 is 0 Å². The maximum atomic E-state index is 10.9. The fraction of sp³-hybridized carbons (Fsp3) is 0. The van der Waals surface area contributed by atoms with Crippen LogP contribution in [0.2, 0.25) is 5.02 Å². The lowest BCUT2D eigenvalue weighted by molar-refractivity contribution is -0.384. The lowest BCUT2D eigenvalue weighted by Gasteiger charge is -2.06. The maximum absolute atomic E-state index is 10.9. The molecule has 0 radical (unpaired) electrons. The monoisotopic (exact) mass is 432 g/mol. The number of nitro benzene ring substituents is 1. The first-order valence-corrected chi connectivity index (χ1v) is 10.1. The second-order valence-corrected chi connectivity index (χ2v) is 7.59. The minimum absolute atomic E-state index is 0.0261. The summed E-state index contributed by atoms with van der Waals surface area (Å²) >= 11 is 7.33. The molecule has 0 bridgehead atoms. The van der Waals surface area contributed by atoms with Gasteiger partial charge in [0.2, 0.25) is 0 Å².